The molecule has 1 heterocycles. The Balaban J connectivity index is 2.42. The lowest BCUT2D eigenvalue weighted by Gasteiger charge is -2.13. The van der Waals surface area contributed by atoms with Crippen LogP contribution in [0.4, 0.5) is 0 Å². The summed E-state index contributed by atoms with van der Waals surface area (Å²) in [7, 11) is 0. The maximum absolute atomic E-state index is 8.75. The normalized spacial score (nSPS) is 14.8. The smallest absolute Gasteiger partial charge is 0.166 e. The fraction of sp³-hybridized carbons (Fsp3) is 0.400. The third-order valence-corrected chi connectivity index (χ3v) is 2.96. The van der Waals surface area contributed by atoms with Crippen molar-refractivity contribution in [2.24, 2.45) is 0 Å². The zero-order valence-corrected chi connectivity index (χ0v) is 9.71. The highest BCUT2D eigenvalue weighted by molar-refractivity contribution is 9.10. The summed E-state index contributed by atoms with van der Waals surface area (Å²) in [6.45, 7) is 1.63. The van der Waals surface area contributed by atoms with E-state index < -0.39 is 0 Å². The molecule has 0 aliphatic carbocycles. The van der Waals surface area contributed by atoms with Crippen molar-refractivity contribution in [3.05, 3.63) is 22.2 Å². The first-order valence-electron chi connectivity index (χ1n) is 4.77. The van der Waals surface area contributed by atoms with Gasteiger partial charge in [0.05, 0.1) is 19.8 Å². The molecular weight excluding hydrogens is 262 g/mol. The van der Waals surface area contributed by atoms with Crippen molar-refractivity contribution >= 4 is 15.9 Å². The van der Waals surface area contributed by atoms with Gasteiger partial charge in [0.15, 0.2) is 11.5 Å². The van der Waals surface area contributed by atoms with Gasteiger partial charge in [-0.3, -0.25) is 0 Å². The van der Waals surface area contributed by atoms with Crippen LogP contribution in [0.25, 0.3) is 0 Å². The van der Waals surface area contributed by atoms with Crippen LogP contribution in [-0.2, 0) is 6.54 Å². The average Bonchev–Trinajstić information content (AvgIpc) is 2.47. The SMILES string of the molecule is ONCc1c(Br)ccc2c1OCCCO2. The number of hydrogen-bond acceptors (Lipinski definition) is 4. The molecule has 4 nitrogen and oxygen atoms in total. The molecule has 0 atom stereocenters. The summed E-state index contributed by atoms with van der Waals surface area (Å²) in [6.07, 6.45) is 0.873. The van der Waals surface area contributed by atoms with Crippen LogP contribution in [0.2, 0.25) is 0 Å². The summed E-state index contributed by atoms with van der Waals surface area (Å²) in [5.41, 5.74) is 3.00. The number of ether oxygens (including phenoxy) is 2. The van der Waals surface area contributed by atoms with Gasteiger partial charge in [-0.25, -0.2) is 5.48 Å². The van der Waals surface area contributed by atoms with E-state index in [4.69, 9.17) is 14.7 Å². The topological polar surface area (TPSA) is 50.7 Å². The van der Waals surface area contributed by atoms with Crippen LogP contribution in [0.1, 0.15) is 12.0 Å². The third kappa shape index (κ3) is 2.25. The Kier molecular flexibility index (Phi) is 3.45. The van der Waals surface area contributed by atoms with Crippen LogP contribution < -0.4 is 15.0 Å². The van der Waals surface area contributed by atoms with Crippen LogP contribution in [0, 0.1) is 0 Å². The summed E-state index contributed by atoms with van der Waals surface area (Å²) >= 11 is 3.42. The quantitative estimate of drug-likeness (QED) is 0.811. The average molecular weight is 274 g/mol. The van der Waals surface area contributed by atoms with E-state index in [1.54, 1.807) is 0 Å². The van der Waals surface area contributed by atoms with E-state index in [1.807, 2.05) is 12.1 Å². The predicted octanol–water partition coefficient (Wildman–Crippen LogP) is 2.09. The number of halogens is 1. The Hall–Kier alpha value is -0.780. The molecule has 2 N–H and O–H groups in total. The van der Waals surface area contributed by atoms with E-state index in [0.29, 0.717) is 25.5 Å². The van der Waals surface area contributed by atoms with Crippen molar-refractivity contribution in [1.29, 1.82) is 0 Å². The molecule has 1 aliphatic heterocycles. The van der Waals surface area contributed by atoms with E-state index in [1.165, 1.54) is 0 Å². The maximum atomic E-state index is 8.75. The van der Waals surface area contributed by atoms with Gasteiger partial charge in [0, 0.05) is 16.5 Å². The molecule has 0 unspecified atom stereocenters. The largest absolute Gasteiger partial charge is 0.490 e. The van der Waals surface area contributed by atoms with Crippen molar-refractivity contribution in [3.8, 4) is 11.5 Å². The molecule has 15 heavy (non-hydrogen) atoms. The molecule has 0 amide bonds. The molecule has 0 fully saturated rings. The Morgan fingerprint density at radius 2 is 2.13 bits per heavy atom. The lowest BCUT2D eigenvalue weighted by molar-refractivity contribution is 0.159. The fourth-order valence-corrected chi connectivity index (χ4v) is 1.97. The van der Waals surface area contributed by atoms with E-state index in [-0.39, 0.29) is 0 Å². The molecule has 1 aromatic rings. The molecule has 2 rings (SSSR count). The summed E-state index contributed by atoms with van der Waals surface area (Å²) in [5.74, 6) is 1.45. The van der Waals surface area contributed by atoms with E-state index in [0.717, 1.165) is 22.2 Å². The minimum Gasteiger partial charge on any atom is -0.490 e. The van der Waals surface area contributed by atoms with E-state index in [9.17, 15) is 0 Å². The van der Waals surface area contributed by atoms with Crippen molar-refractivity contribution in [2.75, 3.05) is 13.2 Å². The Morgan fingerprint density at radius 3 is 2.93 bits per heavy atom. The van der Waals surface area contributed by atoms with Crippen molar-refractivity contribution in [2.45, 2.75) is 13.0 Å². The molecule has 1 aliphatic rings. The van der Waals surface area contributed by atoms with Gasteiger partial charge in [0.1, 0.15) is 0 Å². The number of hydroxylamine groups is 1. The van der Waals surface area contributed by atoms with E-state index in [2.05, 4.69) is 21.4 Å². The van der Waals surface area contributed by atoms with Gasteiger partial charge in [0.2, 0.25) is 0 Å². The first-order chi connectivity index (χ1) is 7.33. The lowest BCUT2D eigenvalue weighted by Crippen LogP contribution is -2.09. The van der Waals surface area contributed by atoms with Gasteiger partial charge in [-0.05, 0) is 12.1 Å². The highest BCUT2D eigenvalue weighted by Crippen LogP contribution is 2.37. The second-order valence-electron chi connectivity index (χ2n) is 3.24. The van der Waals surface area contributed by atoms with Crippen LogP contribution in [-0.4, -0.2) is 18.4 Å². The van der Waals surface area contributed by atoms with Gasteiger partial charge in [-0.15, -0.1) is 0 Å². The molecule has 5 heteroatoms. The summed E-state index contributed by atoms with van der Waals surface area (Å²) in [5, 5.41) is 8.75. The number of hydrogen-bond donors (Lipinski definition) is 2. The van der Waals surface area contributed by atoms with Gasteiger partial charge >= 0.3 is 0 Å². The number of rotatable bonds is 2. The molecule has 0 spiro atoms. The van der Waals surface area contributed by atoms with Crippen molar-refractivity contribution in [1.82, 2.24) is 5.48 Å². The third-order valence-electron chi connectivity index (χ3n) is 2.22. The molecular formula is C10H12BrNO3. The van der Waals surface area contributed by atoms with Crippen LogP contribution >= 0.6 is 15.9 Å². The molecule has 0 aromatic heterocycles. The van der Waals surface area contributed by atoms with Crippen LogP contribution in [0.3, 0.4) is 0 Å². The maximum Gasteiger partial charge on any atom is 0.166 e. The number of benzene rings is 1. The molecule has 0 bridgehead atoms. The Morgan fingerprint density at radius 1 is 1.33 bits per heavy atom. The highest BCUT2D eigenvalue weighted by Gasteiger charge is 2.16. The molecule has 1 aromatic carbocycles. The second kappa shape index (κ2) is 4.83. The summed E-state index contributed by atoms with van der Waals surface area (Å²) in [6, 6.07) is 3.76. The Bertz CT molecular complexity index is 357. The first-order valence-corrected chi connectivity index (χ1v) is 5.56. The zero-order chi connectivity index (χ0) is 10.7. The molecule has 0 saturated heterocycles. The molecule has 82 valence electrons. The number of nitrogens with one attached hydrogen (secondary N) is 1. The van der Waals surface area contributed by atoms with Gasteiger partial charge in [0.25, 0.3) is 0 Å². The van der Waals surface area contributed by atoms with Crippen LogP contribution in [0.5, 0.6) is 11.5 Å². The van der Waals surface area contributed by atoms with Crippen LogP contribution in [0.15, 0.2) is 16.6 Å². The lowest BCUT2D eigenvalue weighted by atomic mass is 10.2. The molecule has 0 radical (unpaired) electrons. The monoisotopic (exact) mass is 273 g/mol. The fourth-order valence-electron chi connectivity index (χ4n) is 1.51. The first kappa shape index (κ1) is 10.7. The van der Waals surface area contributed by atoms with Gasteiger partial charge < -0.3 is 14.7 Å². The summed E-state index contributed by atoms with van der Waals surface area (Å²) in [4.78, 5) is 0. The predicted molar refractivity (Wildman–Crippen MR) is 58.4 cm³/mol. The van der Waals surface area contributed by atoms with Crippen molar-refractivity contribution in [3.63, 3.8) is 0 Å². The minimum absolute atomic E-state index is 0.327. The standard InChI is InChI=1S/C10H12BrNO3/c11-8-2-3-9-10(7(8)6-12-13)15-5-1-4-14-9/h2-3,12-13H,1,4-6H2. The zero-order valence-electron chi connectivity index (χ0n) is 8.12. The van der Waals surface area contributed by atoms with Crippen molar-refractivity contribution < 1.29 is 14.7 Å². The van der Waals surface area contributed by atoms with E-state index >= 15 is 0 Å². The van der Waals surface area contributed by atoms with Gasteiger partial charge in [-0.2, -0.15) is 0 Å². The molecule has 0 saturated carbocycles. The second-order valence-corrected chi connectivity index (χ2v) is 4.09. The summed E-state index contributed by atoms with van der Waals surface area (Å²) < 4.78 is 12.0. The number of fused-ring (bicyclic) bond motifs is 1. The Labute approximate surface area is 96.3 Å². The van der Waals surface area contributed by atoms with Gasteiger partial charge in [-0.1, -0.05) is 15.9 Å². The highest BCUT2D eigenvalue weighted by atomic mass is 79.9. The minimum atomic E-state index is 0.327.